The Balaban J connectivity index is 0. The largest absolute Gasteiger partial charge is 0.330 e. The van der Waals surface area contributed by atoms with E-state index in [0.717, 1.165) is 0 Å². The average molecular weight is 131 g/mol. The van der Waals surface area contributed by atoms with Crippen molar-refractivity contribution in [1.82, 2.24) is 0 Å². The van der Waals surface area contributed by atoms with Gasteiger partial charge in [0.05, 0.1) is 0 Å². The second kappa shape index (κ2) is 10.6. The lowest BCUT2D eigenvalue weighted by Crippen LogP contribution is -2.05. The van der Waals surface area contributed by atoms with Crippen molar-refractivity contribution in [1.29, 1.82) is 0 Å². The maximum absolute atomic E-state index is 10.3. The van der Waals surface area contributed by atoms with Gasteiger partial charge in [0, 0.05) is 12.8 Å². The van der Waals surface area contributed by atoms with Gasteiger partial charge in [-0.25, -0.2) is 0 Å². The molecule has 56 valence electrons. The zero-order chi connectivity index (χ0) is 7.70. The van der Waals surface area contributed by atoms with Gasteiger partial charge in [-0.15, -0.1) is 0 Å². The van der Waals surface area contributed by atoms with Gasteiger partial charge in [-0.3, -0.25) is 4.79 Å². The van der Waals surface area contributed by atoms with Crippen LogP contribution in [0.2, 0.25) is 0 Å². The summed E-state index contributed by atoms with van der Waals surface area (Å²) in [7, 11) is 0. The van der Waals surface area contributed by atoms with Crippen LogP contribution < -0.4 is 5.73 Å². The molecule has 0 aliphatic carbocycles. The molecular formula is C7H17NO. The van der Waals surface area contributed by atoms with E-state index in [1.54, 1.807) is 0 Å². The predicted molar refractivity (Wildman–Crippen MR) is 40.3 cm³/mol. The molecule has 0 heterocycles. The lowest BCUT2D eigenvalue weighted by atomic mass is 10.2. The first-order chi connectivity index (χ1) is 4.31. The first kappa shape index (κ1) is 11.4. The number of nitrogens with two attached hydrogens (primary N) is 1. The predicted octanol–water partition coefficient (Wildman–Crippen LogP) is 1.34. The molecule has 0 saturated heterocycles. The van der Waals surface area contributed by atoms with Gasteiger partial charge in [0.1, 0.15) is 5.78 Å². The maximum Gasteiger partial charge on any atom is 0.133 e. The molecule has 0 saturated carbocycles. The zero-order valence-corrected chi connectivity index (χ0v) is 6.61. The maximum atomic E-state index is 10.3. The van der Waals surface area contributed by atoms with Crippen LogP contribution in [0.3, 0.4) is 0 Å². The van der Waals surface area contributed by atoms with Crippen LogP contribution in [0, 0.1) is 0 Å². The average Bonchev–Trinajstić information content (AvgIpc) is 1.93. The molecule has 0 aromatic heterocycles. The summed E-state index contributed by atoms with van der Waals surface area (Å²) in [6, 6.07) is 0. The van der Waals surface area contributed by atoms with E-state index in [0.29, 0.717) is 19.4 Å². The molecule has 2 N–H and O–H groups in total. The van der Waals surface area contributed by atoms with E-state index in [2.05, 4.69) is 0 Å². The Labute approximate surface area is 57.4 Å². The second-order valence-corrected chi connectivity index (χ2v) is 1.43. The van der Waals surface area contributed by atoms with E-state index < -0.39 is 0 Å². The van der Waals surface area contributed by atoms with Crippen LogP contribution in [0.4, 0.5) is 0 Å². The molecule has 0 spiro atoms. The first-order valence-electron chi connectivity index (χ1n) is 3.53. The van der Waals surface area contributed by atoms with Gasteiger partial charge in [-0.05, 0) is 6.54 Å². The number of Topliss-reactive ketones (excluding diaryl/α,β-unsaturated/α-hetero) is 1. The van der Waals surface area contributed by atoms with Gasteiger partial charge >= 0.3 is 0 Å². The lowest BCUT2D eigenvalue weighted by Gasteiger charge is -1.87. The van der Waals surface area contributed by atoms with E-state index in [4.69, 9.17) is 5.73 Å². The fraction of sp³-hybridized carbons (Fsp3) is 0.857. The van der Waals surface area contributed by atoms with Crippen LogP contribution in [0.5, 0.6) is 0 Å². The number of carbonyl (C=O) groups excluding carboxylic acids is 1. The molecule has 0 unspecified atom stereocenters. The van der Waals surface area contributed by atoms with Crippen molar-refractivity contribution in [3.63, 3.8) is 0 Å². The molecule has 0 aromatic rings. The molecule has 0 fully saturated rings. The van der Waals surface area contributed by atoms with E-state index >= 15 is 0 Å². The molecule has 0 aromatic carbocycles. The number of ketones is 1. The lowest BCUT2D eigenvalue weighted by molar-refractivity contribution is -0.118. The molecule has 0 bridgehead atoms. The normalized spacial score (nSPS) is 7.56. The highest BCUT2D eigenvalue weighted by Crippen LogP contribution is 1.83. The molecule has 2 heteroatoms. The number of hydrogen-bond donors (Lipinski definition) is 1. The smallest absolute Gasteiger partial charge is 0.133 e. The minimum atomic E-state index is 0.252. The van der Waals surface area contributed by atoms with Crippen molar-refractivity contribution in [3.8, 4) is 0 Å². The van der Waals surface area contributed by atoms with E-state index in [1.165, 1.54) is 0 Å². The van der Waals surface area contributed by atoms with Crippen LogP contribution >= 0.6 is 0 Å². The molecule has 0 radical (unpaired) electrons. The fourth-order valence-electron chi connectivity index (χ4n) is 0.338. The molecule has 2 nitrogen and oxygen atoms in total. The van der Waals surface area contributed by atoms with Crippen molar-refractivity contribution in [3.05, 3.63) is 0 Å². The minimum Gasteiger partial charge on any atom is -0.330 e. The zero-order valence-electron chi connectivity index (χ0n) is 6.61. The van der Waals surface area contributed by atoms with Crippen LogP contribution in [0.25, 0.3) is 0 Å². The molecule has 0 atom stereocenters. The van der Waals surface area contributed by atoms with Crippen molar-refractivity contribution in [2.24, 2.45) is 5.73 Å². The topological polar surface area (TPSA) is 43.1 Å². The molecule has 0 amide bonds. The minimum absolute atomic E-state index is 0.252. The van der Waals surface area contributed by atoms with Gasteiger partial charge in [-0.1, -0.05) is 20.8 Å². The highest BCUT2D eigenvalue weighted by atomic mass is 16.1. The van der Waals surface area contributed by atoms with Crippen LogP contribution in [-0.2, 0) is 4.79 Å². The quantitative estimate of drug-likeness (QED) is 0.628. The van der Waals surface area contributed by atoms with Gasteiger partial charge in [0.15, 0.2) is 0 Å². The third kappa shape index (κ3) is 11.3. The number of rotatable bonds is 3. The van der Waals surface area contributed by atoms with Crippen LogP contribution in [-0.4, -0.2) is 12.3 Å². The van der Waals surface area contributed by atoms with Gasteiger partial charge in [-0.2, -0.15) is 0 Å². The van der Waals surface area contributed by atoms with Crippen molar-refractivity contribution in [2.45, 2.75) is 33.6 Å². The van der Waals surface area contributed by atoms with Gasteiger partial charge in [0.2, 0.25) is 0 Å². The molecule has 0 rings (SSSR count). The number of carbonyl (C=O) groups is 1. The Morgan fingerprint density at radius 1 is 1.44 bits per heavy atom. The third-order valence-corrected chi connectivity index (χ3v) is 0.818. The summed E-state index contributed by atoms with van der Waals surface area (Å²) in [4.78, 5) is 10.3. The van der Waals surface area contributed by atoms with Crippen molar-refractivity contribution < 1.29 is 4.79 Å². The standard InChI is InChI=1S/C5H11NO.C2H6/c1-2-5(7)3-4-6;1-2/h2-4,6H2,1H3;1-2H3. The summed E-state index contributed by atoms with van der Waals surface area (Å²) in [6.07, 6.45) is 1.16. The van der Waals surface area contributed by atoms with Crippen molar-refractivity contribution >= 4 is 5.78 Å². The first-order valence-corrected chi connectivity index (χ1v) is 3.53. The van der Waals surface area contributed by atoms with E-state index in [1.807, 2.05) is 20.8 Å². The van der Waals surface area contributed by atoms with Gasteiger partial charge in [0.25, 0.3) is 0 Å². The van der Waals surface area contributed by atoms with Crippen LogP contribution in [0.1, 0.15) is 33.6 Å². The highest BCUT2D eigenvalue weighted by Gasteiger charge is 1.91. The monoisotopic (exact) mass is 131 g/mol. The van der Waals surface area contributed by atoms with E-state index in [9.17, 15) is 4.79 Å². The summed E-state index contributed by atoms with van der Waals surface area (Å²) in [6.45, 7) is 6.34. The number of hydrogen-bond acceptors (Lipinski definition) is 2. The van der Waals surface area contributed by atoms with Crippen molar-refractivity contribution in [2.75, 3.05) is 6.54 Å². The Morgan fingerprint density at radius 2 is 1.89 bits per heavy atom. The molecule has 0 aliphatic rings. The summed E-state index contributed by atoms with van der Waals surface area (Å²) in [5.41, 5.74) is 5.08. The summed E-state index contributed by atoms with van der Waals surface area (Å²) < 4.78 is 0. The van der Waals surface area contributed by atoms with E-state index in [-0.39, 0.29) is 5.78 Å². The summed E-state index contributed by atoms with van der Waals surface area (Å²) in [5.74, 6) is 0.252. The SMILES string of the molecule is CC.CCC(=O)CCN. The second-order valence-electron chi connectivity index (χ2n) is 1.43. The molecule has 0 aliphatic heterocycles. The fourth-order valence-corrected chi connectivity index (χ4v) is 0.338. The Bertz CT molecular complexity index is 61.9. The Kier molecular flexibility index (Phi) is 13.4. The third-order valence-electron chi connectivity index (χ3n) is 0.818. The Hall–Kier alpha value is -0.370. The molecular weight excluding hydrogens is 114 g/mol. The van der Waals surface area contributed by atoms with Gasteiger partial charge < -0.3 is 5.73 Å². The molecule has 9 heavy (non-hydrogen) atoms. The Morgan fingerprint density at radius 3 is 2.00 bits per heavy atom. The summed E-state index contributed by atoms with van der Waals surface area (Å²) >= 11 is 0. The van der Waals surface area contributed by atoms with Crippen LogP contribution in [0.15, 0.2) is 0 Å². The highest BCUT2D eigenvalue weighted by molar-refractivity contribution is 5.78. The summed E-state index contributed by atoms with van der Waals surface area (Å²) in [5, 5.41) is 0.